The van der Waals surface area contributed by atoms with Gasteiger partial charge in [0.1, 0.15) is 10.7 Å². The number of thiophene rings is 1. The summed E-state index contributed by atoms with van der Waals surface area (Å²) in [6.45, 7) is 5.85. The standard InChI is InChI=1S/C18H21N3O2S/c1-18(2,3)8-12(22)11(9-19)15-20-16(23)14-10-6-4-5-7-13(10)24-17(14)21-15/h11H,4-8H2,1-3H3,(H,20,21,23). The zero-order chi connectivity index (χ0) is 17.5. The van der Waals surface area contributed by atoms with Gasteiger partial charge in [0, 0.05) is 11.3 Å². The van der Waals surface area contributed by atoms with Crippen LogP contribution in [0.3, 0.4) is 0 Å². The largest absolute Gasteiger partial charge is 0.308 e. The second-order valence-corrected chi connectivity index (χ2v) is 8.69. The van der Waals surface area contributed by atoms with Gasteiger partial charge in [-0.3, -0.25) is 9.59 Å². The van der Waals surface area contributed by atoms with Gasteiger partial charge in [0.05, 0.1) is 11.5 Å². The van der Waals surface area contributed by atoms with Gasteiger partial charge < -0.3 is 4.98 Å². The summed E-state index contributed by atoms with van der Waals surface area (Å²) in [5, 5.41) is 10.1. The van der Waals surface area contributed by atoms with Crippen molar-refractivity contribution in [2.24, 2.45) is 5.41 Å². The minimum absolute atomic E-state index is 0.183. The van der Waals surface area contributed by atoms with Crippen molar-refractivity contribution in [3.8, 4) is 6.07 Å². The molecule has 0 saturated carbocycles. The lowest BCUT2D eigenvalue weighted by Gasteiger charge is -2.18. The Morgan fingerprint density at radius 3 is 2.75 bits per heavy atom. The summed E-state index contributed by atoms with van der Waals surface area (Å²) >= 11 is 1.53. The minimum atomic E-state index is -1.01. The summed E-state index contributed by atoms with van der Waals surface area (Å²) in [4.78, 5) is 34.1. The maximum absolute atomic E-state index is 12.6. The number of H-pyrrole nitrogens is 1. The molecule has 5 nitrogen and oxygen atoms in total. The van der Waals surface area contributed by atoms with Crippen molar-refractivity contribution < 1.29 is 4.79 Å². The molecule has 0 saturated heterocycles. The van der Waals surface area contributed by atoms with Crippen molar-refractivity contribution in [3.05, 3.63) is 26.6 Å². The van der Waals surface area contributed by atoms with Gasteiger partial charge in [-0.2, -0.15) is 5.26 Å². The van der Waals surface area contributed by atoms with Gasteiger partial charge in [-0.15, -0.1) is 11.3 Å². The molecule has 3 rings (SSSR count). The molecule has 1 unspecified atom stereocenters. The number of nitriles is 1. The van der Waals surface area contributed by atoms with Crippen LogP contribution in [0.1, 0.15) is 62.2 Å². The molecule has 0 bridgehead atoms. The number of carbonyl (C=O) groups is 1. The third-order valence-corrected chi connectivity index (χ3v) is 5.46. The molecule has 1 N–H and O–H groups in total. The van der Waals surface area contributed by atoms with Crippen molar-refractivity contribution in [1.82, 2.24) is 9.97 Å². The first kappa shape index (κ1) is 16.8. The van der Waals surface area contributed by atoms with Crippen LogP contribution in [0.15, 0.2) is 4.79 Å². The Labute approximate surface area is 144 Å². The smallest absolute Gasteiger partial charge is 0.259 e. The average molecular weight is 343 g/mol. The van der Waals surface area contributed by atoms with Gasteiger partial charge in [-0.1, -0.05) is 20.8 Å². The Kier molecular flexibility index (Phi) is 4.31. The van der Waals surface area contributed by atoms with Crippen molar-refractivity contribution in [2.75, 3.05) is 0 Å². The highest BCUT2D eigenvalue weighted by Gasteiger charge is 2.28. The van der Waals surface area contributed by atoms with Crippen LogP contribution in [0.4, 0.5) is 0 Å². The number of hydrogen-bond acceptors (Lipinski definition) is 5. The second-order valence-electron chi connectivity index (χ2n) is 7.61. The molecular formula is C18H21N3O2S. The number of hydrogen-bond donors (Lipinski definition) is 1. The van der Waals surface area contributed by atoms with Gasteiger partial charge in [0.2, 0.25) is 0 Å². The number of fused-ring (bicyclic) bond motifs is 3. The number of aryl methyl sites for hydroxylation is 2. The zero-order valence-electron chi connectivity index (χ0n) is 14.2. The highest BCUT2D eigenvalue weighted by atomic mass is 32.1. The number of aromatic nitrogens is 2. The fraction of sp³-hybridized carbons (Fsp3) is 0.556. The molecule has 0 spiro atoms. The molecule has 0 fully saturated rings. The summed E-state index contributed by atoms with van der Waals surface area (Å²) in [5.74, 6) is -1.03. The average Bonchev–Trinajstić information content (AvgIpc) is 2.84. The van der Waals surface area contributed by atoms with Crippen LogP contribution in [0.5, 0.6) is 0 Å². The maximum atomic E-state index is 12.6. The Morgan fingerprint density at radius 1 is 1.38 bits per heavy atom. The Bertz CT molecular complexity index is 896. The van der Waals surface area contributed by atoms with E-state index in [0.29, 0.717) is 10.2 Å². The van der Waals surface area contributed by atoms with Crippen molar-refractivity contribution in [3.63, 3.8) is 0 Å². The number of rotatable bonds is 3. The molecule has 6 heteroatoms. The van der Waals surface area contributed by atoms with Crippen LogP contribution in [-0.2, 0) is 17.6 Å². The van der Waals surface area contributed by atoms with Gasteiger partial charge in [-0.05, 0) is 36.7 Å². The van der Waals surface area contributed by atoms with E-state index < -0.39 is 5.92 Å². The molecule has 1 atom stereocenters. The van der Waals surface area contributed by atoms with E-state index in [1.807, 2.05) is 26.8 Å². The first-order valence-electron chi connectivity index (χ1n) is 8.27. The van der Waals surface area contributed by atoms with Gasteiger partial charge in [-0.25, -0.2) is 4.98 Å². The number of nitrogens with one attached hydrogen (secondary N) is 1. The van der Waals surface area contributed by atoms with Crippen LogP contribution < -0.4 is 5.56 Å². The fourth-order valence-corrected chi connectivity index (χ4v) is 4.50. The Morgan fingerprint density at radius 2 is 2.08 bits per heavy atom. The summed E-state index contributed by atoms with van der Waals surface area (Å²) in [5.41, 5.74) is 0.674. The predicted molar refractivity (Wildman–Crippen MR) is 94.3 cm³/mol. The summed E-state index contributed by atoms with van der Waals surface area (Å²) in [6.07, 6.45) is 4.38. The van der Waals surface area contributed by atoms with E-state index in [2.05, 4.69) is 9.97 Å². The molecular weight excluding hydrogens is 322 g/mol. The molecule has 0 aromatic carbocycles. The second kappa shape index (κ2) is 6.14. The van der Waals surface area contributed by atoms with Crippen molar-refractivity contribution in [1.29, 1.82) is 5.26 Å². The molecule has 0 radical (unpaired) electrons. The summed E-state index contributed by atoms with van der Waals surface area (Å²) in [7, 11) is 0. The predicted octanol–water partition coefficient (Wildman–Crippen LogP) is 3.48. The van der Waals surface area contributed by atoms with Gasteiger partial charge in [0.15, 0.2) is 11.7 Å². The molecule has 1 aliphatic carbocycles. The van der Waals surface area contributed by atoms with Gasteiger partial charge >= 0.3 is 0 Å². The quantitative estimate of drug-likeness (QED) is 0.924. The van der Waals surface area contributed by atoms with E-state index in [0.717, 1.165) is 31.2 Å². The van der Waals surface area contributed by atoms with Gasteiger partial charge in [0.25, 0.3) is 5.56 Å². The molecule has 2 heterocycles. The number of ketones is 1. The van der Waals surface area contributed by atoms with E-state index in [4.69, 9.17) is 0 Å². The lowest BCUT2D eigenvalue weighted by Crippen LogP contribution is -2.23. The van der Waals surface area contributed by atoms with E-state index >= 15 is 0 Å². The van der Waals surface area contributed by atoms with E-state index in [1.54, 1.807) is 0 Å². The number of nitrogens with zero attached hydrogens (tertiary/aromatic N) is 2. The van der Waals surface area contributed by atoms with Crippen LogP contribution >= 0.6 is 11.3 Å². The maximum Gasteiger partial charge on any atom is 0.259 e. The molecule has 126 valence electrons. The topological polar surface area (TPSA) is 86.6 Å². The van der Waals surface area contributed by atoms with E-state index in [1.165, 1.54) is 16.2 Å². The molecule has 2 aromatic heterocycles. The van der Waals surface area contributed by atoms with Crippen LogP contribution in [0, 0.1) is 16.7 Å². The first-order chi connectivity index (χ1) is 11.3. The SMILES string of the molecule is CC(C)(C)CC(=O)C(C#N)c1nc2sc3c(c2c(=O)[nH]1)CCCC3. The van der Waals surface area contributed by atoms with E-state index in [-0.39, 0.29) is 29.0 Å². The molecule has 24 heavy (non-hydrogen) atoms. The molecule has 0 amide bonds. The number of Topliss-reactive ketones (excluding diaryl/α,β-unsaturated/α-hetero) is 1. The lowest BCUT2D eigenvalue weighted by atomic mass is 9.86. The highest BCUT2D eigenvalue weighted by molar-refractivity contribution is 7.18. The Balaban J connectivity index is 2.05. The summed E-state index contributed by atoms with van der Waals surface area (Å²) in [6, 6.07) is 2.02. The van der Waals surface area contributed by atoms with Crippen LogP contribution in [0.2, 0.25) is 0 Å². The number of aromatic amines is 1. The van der Waals surface area contributed by atoms with E-state index in [9.17, 15) is 14.9 Å². The normalized spacial score (nSPS) is 15.8. The minimum Gasteiger partial charge on any atom is -0.308 e. The third kappa shape index (κ3) is 3.13. The Hall–Kier alpha value is -2.00. The van der Waals surface area contributed by atoms with Crippen molar-refractivity contribution >= 4 is 27.3 Å². The third-order valence-electron chi connectivity index (χ3n) is 4.27. The van der Waals surface area contributed by atoms with Crippen LogP contribution in [0.25, 0.3) is 10.2 Å². The zero-order valence-corrected chi connectivity index (χ0v) is 15.0. The molecule has 2 aromatic rings. The monoisotopic (exact) mass is 343 g/mol. The lowest BCUT2D eigenvalue weighted by molar-refractivity contribution is -0.121. The fourth-order valence-electron chi connectivity index (χ4n) is 3.23. The first-order valence-corrected chi connectivity index (χ1v) is 9.08. The highest BCUT2D eigenvalue weighted by Crippen LogP contribution is 2.34. The summed E-state index contributed by atoms with van der Waals surface area (Å²) < 4.78 is 0. The van der Waals surface area contributed by atoms with Crippen molar-refractivity contribution in [2.45, 2.75) is 58.8 Å². The molecule has 0 aliphatic heterocycles. The number of carbonyl (C=O) groups excluding carboxylic acids is 1. The molecule has 1 aliphatic rings. The van der Waals surface area contributed by atoms with Crippen LogP contribution in [-0.4, -0.2) is 15.8 Å².